The smallest absolute Gasteiger partial charge is 0.274 e. The lowest BCUT2D eigenvalue weighted by atomic mass is 10.2. The fourth-order valence-corrected chi connectivity index (χ4v) is 2.20. The van der Waals surface area contributed by atoms with Crippen LogP contribution in [0.1, 0.15) is 21.7 Å². The Bertz CT molecular complexity index is 641. The number of hydrogen-bond donors (Lipinski definition) is 2. The van der Waals surface area contributed by atoms with E-state index < -0.39 is 0 Å². The summed E-state index contributed by atoms with van der Waals surface area (Å²) in [6, 6.07) is 8.92. The van der Waals surface area contributed by atoms with Gasteiger partial charge in [0.1, 0.15) is 5.69 Å². The Morgan fingerprint density at radius 3 is 2.74 bits per heavy atom. The highest BCUT2D eigenvalue weighted by Gasteiger charge is 2.11. The van der Waals surface area contributed by atoms with Crippen molar-refractivity contribution in [2.24, 2.45) is 0 Å². The highest BCUT2D eigenvalue weighted by atomic mass is 79.9. The molecule has 4 nitrogen and oxygen atoms in total. The summed E-state index contributed by atoms with van der Waals surface area (Å²) in [6.45, 7) is 3.75. The Morgan fingerprint density at radius 2 is 2.05 bits per heavy atom. The maximum Gasteiger partial charge on any atom is 0.274 e. The van der Waals surface area contributed by atoms with Crippen molar-refractivity contribution in [2.75, 3.05) is 11.1 Å². The topological polar surface area (TPSA) is 68.0 Å². The second-order valence-electron chi connectivity index (χ2n) is 4.31. The molecule has 98 valence electrons. The van der Waals surface area contributed by atoms with Gasteiger partial charge < -0.3 is 11.1 Å². The molecule has 0 atom stereocenters. The molecule has 0 radical (unpaired) electrons. The predicted molar refractivity (Wildman–Crippen MR) is 80.2 cm³/mol. The summed E-state index contributed by atoms with van der Waals surface area (Å²) >= 11 is 3.41. The van der Waals surface area contributed by atoms with E-state index in [-0.39, 0.29) is 5.91 Å². The van der Waals surface area contributed by atoms with Crippen LogP contribution in [-0.4, -0.2) is 10.9 Å². The van der Waals surface area contributed by atoms with Gasteiger partial charge in [-0.05, 0) is 59.6 Å². The molecule has 1 amide bonds. The largest absolute Gasteiger partial charge is 0.398 e. The van der Waals surface area contributed by atoms with Crippen molar-refractivity contribution in [2.45, 2.75) is 13.8 Å². The molecule has 2 rings (SSSR count). The molecule has 2 aromatic rings. The fraction of sp³-hybridized carbons (Fsp3) is 0.143. The number of amides is 1. The number of carbonyl (C=O) groups excluding carboxylic acids is 1. The van der Waals surface area contributed by atoms with Crippen molar-refractivity contribution in [3.05, 3.63) is 51.8 Å². The number of halogens is 1. The number of nitrogens with two attached hydrogens (primary N) is 1. The first kappa shape index (κ1) is 13.5. The Morgan fingerprint density at radius 1 is 1.32 bits per heavy atom. The number of carbonyl (C=O) groups is 1. The van der Waals surface area contributed by atoms with Crippen molar-refractivity contribution >= 4 is 33.2 Å². The summed E-state index contributed by atoms with van der Waals surface area (Å²) in [6.07, 6.45) is 0. The van der Waals surface area contributed by atoms with Crippen molar-refractivity contribution in [3.63, 3.8) is 0 Å². The van der Waals surface area contributed by atoms with Crippen LogP contribution in [0.2, 0.25) is 0 Å². The van der Waals surface area contributed by atoms with E-state index >= 15 is 0 Å². The Hall–Kier alpha value is -1.88. The van der Waals surface area contributed by atoms with Crippen molar-refractivity contribution in [3.8, 4) is 0 Å². The molecule has 5 heteroatoms. The zero-order valence-corrected chi connectivity index (χ0v) is 12.3. The summed E-state index contributed by atoms with van der Waals surface area (Å²) in [7, 11) is 0. The van der Waals surface area contributed by atoms with Crippen LogP contribution in [0, 0.1) is 13.8 Å². The lowest BCUT2D eigenvalue weighted by Crippen LogP contribution is -2.14. The van der Waals surface area contributed by atoms with E-state index in [1.807, 2.05) is 26.0 Å². The number of aromatic nitrogens is 1. The van der Waals surface area contributed by atoms with E-state index in [2.05, 4.69) is 26.2 Å². The third-order valence-corrected chi connectivity index (χ3v) is 3.38. The van der Waals surface area contributed by atoms with Gasteiger partial charge >= 0.3 is 0 Å². The van der Waals surface area contributed by atoms with Crippen LogP contribution in [-0.2, 0) is 0 Å². The van der Waals surface area contributed by atoms with Crippen molar-refractivity contribution < 1.29 is 4.79 Å². The Labute approximate surface area is 120 Å². The molecule has 0 aliphatic rings. The summed E-state index contributed by atoms with van der Waals surface area (Å²) < 4.78 is 0.792. The predicted octanol–water partition coefficient (Wildman–Crippen LogP) is 3.30. The van der Waals surface area contributed by atoms with Gasteiger partial charge in [-0.25, -0.2) is 4.98 Å². The molecule has 0 unspecified atom stereocenters. The molecule has 0 saturated carbocycles. The first-order valence-corrected chi connectivity index (χ1v) is 6.57. The van der Waals surface area contributed by atoms with Crippen LogP contribution in [0.25, 0.3) is 0 Å². The van der Waals surface area contributed by atoms with Gasteiger partial charge in [0.2, 0.25) is 0 Å². The maximum atomic E-state index is 12.1. The molecule has 0 bridgehead atoms. The molecule has 1 aromatic carbocycles. The Balaban J connectivity index is 2.27. The number of nitrogens with zero attached hydrogens (tertiary/aromatic N) is 1. The molecular weight excluding hydrogens is 306 g/mol. The standard InChI is InChI=1S/C14H14BrN3O/c1-8-6-10(15)13(7-11(8)16)18-14(19)12-5-3-4-9(2)17-12/h3-7H,16H2,1-2H3,(H,18,19). The van der Waals surface area contributed by atoms with Crippen molar-refractivity contribution in [1.82, 2.24) is 4.98 Å². The molecule has 0 aliphatic carbocycles. The van der Waals surface area contributed by atoms with Gasteiger partial charge in [0.25, 0.3) is 5.91 Å². The Kier molecular flexibility index (Phi) is 3.85. The van der Waals surface area contributed by atoms with Crippen molar-refractivity contribution in [1.29, 1.82) is 0 Å². The van der Waals surface area contributed by atoms with Gasteiger partial charge in [-0.2, -0.15) is 0 Å². The SMILES string of the molecule is Cc1cccc(C(=O)Nc2cc(N)c(C)cc2Br)n1. The molecule has 0 fully saturated rings. The number of nitrogen functional groups attached to an aromatic ring is 1. The van der Waals surface area contributed by atoms with Crippen LogP contribution in [0.3, 0.4) is 0 Å². The molecular formula is C14H14BrN3O. The highest BCUT2D eigenvalue weighted by molar-refractivity contribution is 9.10. The quantitative estimate of drug-likeness (QED) is 0.834. The van der Waals surface area contributed by atoms with E-state index in [0.29, 0.717) is 17.1 Å². The van der Waals surface area contributed by atoms with Crippen LogP contribution in [0.5, 0.6) is 0 Å². The lowest BCUT2D eigenvalue weighted by molar-refractivity contribution is 0.102. The average molecular weight is 320 g/mol. The molecule has 1 heterocycles. The monoisotopic (exact) mass is 319 g/mol. The molecule has 3 N–H and O–H groups in total. The molecule has 0 saturated heterocycles. The molecule has 0 aliphatic heterocycles. The van der Waals surface area contributed by atoms with Gasteiger partial charge in [-0.15, -0.1) is 0 Å². The van der Waals surface area contributed by atoms with Gasteiger partial charge in [-0.1, -0.05) is 6.07 Å². The van der Waals surface area contributed by atoms with Gasteiger partial charge in [-0.3, -0.25) is 4.79 Å². The second kappa shape index (κ2) is 5.40. The van der Waals surface area contributed by atoms with Crippen LogP contribution in [0.15, 0.2) is 34.8 Å². The first-order chi connectivity index (χ1) is 8.97. The number of hydrogen-bond acceptors (Lipinski definition) is 3. The zero-order valence-electron chi connectivity index (χ0n) is 10.7. The number of aryl methyl sites for hydroxylation is 2. The fourth-order valence-electron chi connectivity index (χ4n) is 1.64. The van der Waals surface area contributed by atoms with E-state index in [0.717, 1.165) is 15.7 Å². The maximum absolute atomic E-state index is 12.1. The van der Waals surface area contributed by atoms with Crippen LogP contribution < -0.4 is 11.1 Å². The summed E-state index contributed by atoms with van der Waals surface area (Å²) in [5.41, 5.74) is 9.25. The normalized spacial score (nSPS) is 10.3. The summed E-state index contributed by atoms with van der Waals surface area (Å²) in [4.78, 5) is 16.3. The van der Waals surface area contributed by atoms with E-state index in [4.69, 9.17) is 5.73 Å². The number of nitrogens with one attached hydrogen (secondary N) is 1. The molecule has 1 aromatic heterocycles. The molecule has 19 heavy (non-hydrogen) atoms. The van der Waals surface area contributed by atoms with E-state index in [9.17, 15) is 4.79 Å². The number of benzene rings is 1. The zero-order chi connectivity index (χ0) is 14.0. The van der Waals surface area contributed by atoms with Crippen LogP contribution in [0.4, 0.5) is 11.4 Å². The van der Waals surface area contributed by atoms with Gasteiger partial charge in [0.05, 0.1) is 5.69 Å². The summed E-state index contributed by atoms with van der Waals surface area (Å²) in [5, 5.41) is 2.79. The number of rotatable bonds is 2. The lowest BCUT2D eigenvalue weighted by Gasteiger charge is -2.10. The third-order valence-electron chi connectivity index (χ3n) is 2.72. The second-order valence-corrected chi connectivity index (χ2v) is 5.16. The number of pyridine rings is 1. The van der Waals surface area contributed by atoms with E-state index in [1.54, 1.807) is 18.2 Å². The van der Waals surface area contributed by atoms with Crippen LogP contribution >= 0.6 is 15.9 Å². The average Bonchev–Trinajstić information content (AvgIpc) is 2.36. The number of anilines is 2. The minimum atomic E-state index is -0.257. The minimum Gasteiger partial charge on any atom is -0.398 e. The molecule has 0 spiro atoms. The van der Waals surface area contributed by atoms with Gasteiger partial charge in [0, 0.05) is 15.9 Å². The third kappa shape index (κ3) is 3.12. The van der Waals surface area contributed by atoms with E-state index in [1.165, 1.54) is 0 Å². The summed E-state index contributed by atoms with van der Waals surface area (Å²) in [5.74, 6) is -0.257. The van der Waals surface area contributed by atoms with Gasteiger partial charge in [0.15, 0.2) is 0 Å². The first-order valence-electron chi connectivity index (χ1n) is 5.78. The minimum absolute atomic E-state index is 0.257. The highest BCUT2D eigenvalue weighted by Crippen LogP contribution is 2.28.